The van der Waals surface area contributed by atoms with Crippen molar-refractivity contribution in [2.75, 3.05) is 0 Å². The maximum atomic E-state index is 7.06. The first-order chi connectivity index (χ1) is 18.6. The zero-order valence-corrected chi connectivity index (χ0v) is 24.9. The van der Waals surface area contributed by atoms with Crippen molar-refractivity contribution < 1.29 is 8.98 Å². The van der Waals surface area contributed by atoms with E-state index in [0.29, 0.717) is 17.8 Å². The minimum Gasteiger partial charge on any atom is -0.454 e. The molecule has 200 valence electrons. The molecule has 39 heavy (non-hydrogen) atoms. The topological polar surface area (TPSA) is 17.0 Å². The Labute approximate surface area is 233 Å². The molecule has 0 saturated heterocycles. The van der Waals surface area contributed by atoms with Crippen LogP contribution in [0.4, 0.5) is 0 Å². The summed E-state index contributed by atoms with van der Waals surface area (Å²) in [4.78, 5) is 0. The fourth-order valence-electron chi connectivity index (χ4n) is 7.36. The summed E-state index contributed by atoms with van der Waals surface area (Å²) in [5.74, 6) is 1.66. The zero-order chi connectivity index (χ0) is 27.6. The summed E-state index contributed by atoms with van der Waals surface area (Å²) in [6.45, 7) is 16.2. The van der Waals surface area contributed by atoms with Crippen molar-refractivity contribution in [3.05, 3.63) is 89.1 Å². The van der Waals surface area contributed by atoms with Crippen molar-refractivity contribution >= 4 is 21.9 Å². The lowest BCUT2D eigenvalue weighted by Gasteiger charge is -2.35. The van der Waals surface area contributed by atoms with Crippen LogP contribution in [0, 0.1) is 18.8 Å². The Morgan fingerprint density at radius 2 is 1.38 bits per heavy atom. The van der Waals surface area contributed by atoms with Gasteiger partial charge in [-0.2, -0.15) is 0 Å². The summed E-state index contributed by atoms with van der Waals surface area (Å²) in [6, 6.07) is 23.0. The molecule has 0 bridgehead atoms. The van der Waals surface area contributed by atoms with E-state index in [1.54, 1.807) is 0 Å². The van der Waals surface area contributed by atoms with Gasteiger partial charge in [0.1, 0.15) is 18.2 Å². The van der Waals surface area contributed by atoms with Gasteiger partial charge in [-0.3, -0.25) is 0 Å². The van der Waals surface area contributed by atoms with E-state index >= 15 is 0 Å². The largest absolute Gasteiger partial charge is 0.454 e. The Balaban J connectivity index is 1.70. The van der Waals surface area contributed by atoms with Crippen LogP contribution in [0.5, 0.6) is 0 Å². The van der Waals surface area contributed by atoms with Crippen LogP contribution in [0.25, 0.3) is 44.3 Å². The predicted octanol–water partition coefficient (Wildman–Crippen LogP) is 9.87. The summed E-state index contributed by atoms with van der Waals surface area (Å²) in [5.41, 5.74) is 12.6. The molecule has 0 spiro atoms. The molecule has 2 nitrogen and oxygen atoms in total. The number of hydrogen-bond acceptors (Lipinski definition) is 1. The molecule has 0 fully saturated rings. The minimum absolute atomic E-state index is 0.0121. The number of nitrogens with zero attached hydrogens (tertiary/aromatic N) is 1. The summed E-state index contributed by atoms with van der Waals surface area (Å²) in [5, 5.41) is 2.42. The number of pyridine rings is 1. The number of rotatable bonds is 6. The van der Waals surface area contributed by atoms with Gasteiger partial charge >= 0.3 is 0 Å². The molecule has 0 radical (unpaired) electrons. The summed E-state index contributed by atoms with van der Waals surface area (Å²) < 4.78 is 9.30. The van der Waals surface area contributed by atoms with Gasteiger partial charge in [-0.05, 0) is 65.3 Å². The third-order valence-corrected chi connectivity index (χ3v) is 8.86. The number of hydrogen-bond donors (Lipinski definition) is 0. The molecule has 1 aliphatic rings. The molecule has 5 aromatic rings. The van der Waals surface area contributed by atoms with Crippen LogP contribution in [-0.2, 0) is 12.5 Å². The summed E-state index contributed by atoms with van der Waals surface area (Å²) >= 11 is 0. The molecule has 0 aliphatic heterocycles. The fourth-order valence-corrected chi connectivity index (χ4v) is 7.36. The molecule has 6 rings (SSSR count). The lowest BCUT2D eigenvalue weighted by molar-refractivity contribution is -0.660. The van der Waals surface area contributed by atoms with E-state index in [-0.39, 0.29) is 5.41 Å². The third kappa shape index (κ3) is 3.94. The van der Waals surface area contributed by atoms with Crippen LogP contribution >= 0.6 is 0 Å². The highest BCUT2D eigenvalue weighted by atomic mass is 16.3. The van der Waals surface area contributed by atoms with Crippen molar-refractivity contribution in [2.24, 2.45) is 18.9 Å². The highest BCUT2D eigenvalue weighted by Crippen LogP contribution is 2.57. The van der Waals surface area contributed by atoms with Crippen molar-refractivity contribution in [3.8, 4) is 22.4 Å². The van der Waals surface area contributed by atoms with Crippen molar-refractivity contribution in [3.63, 3.8) is 0 Å². The first-order valence-corrected chi connectivity index (χ1v) is 14.7. The summed E-state index contributed by atoms with van der Waals surface area (Å²) in [6.07, 6.45) is 4.47. The second-order valence-electron chi connectivity index (χ2n) is 13.0. The van der Waals surface area contributed by atoms with E-state index in [0.717, 1.165) is 24.0 Å². The number of furan rings is 1. The van der Waals surface area contributed by atoms with Crippen LogP contribution in [0.1, 0.15) is 82.6 Å². The van der Waals surface area contributed by atoms with Gasteiger partial charge in [0.2, 0.25) is 5.69 Å². The van der Waals surface area contributed by atoms with Gasteiger partial charge in [-0.25, -0.2) is 4.57 Å². The molecule has 1 aliphatic carbocycles. The Hall–Kier alpha value is -3.39. The van der Waals surface area contributed by atoms with E-state index in [4.69, 9.17) is 4.42 Å². The molecule has 2 aromatic heterocycles. The maximum Gasteiger partial charge on any atom is 0.216 e. The standard InChI is InChI=1S/C37H42NO/c1-22(2)20-37(21-23(3)4)30-12-10-9-11-29(30)34-31(37)16-15-28-27-14-13-25(7)33(35(27)39-36(28)34)32-19-26(24(5)6)17-18-38(32)8/h9-19,22-24H,20-21H2,1-8H3/q+1. The van der Waals surface area contributed by atoms with E-state index in [2.05, 4.69) is 127 Å². The minimum atomic E-state index is 0.0121. The molecular formula is C37H42NO+. The van der Waals surface area contributed by atoms with Crippen molar-refractivity contribution in [1.29, 1.82) is 0 Å². The molecule has 0 N–H and O–H groups in total. The van der Waals surface area contributed by atoms with E-state index < -0.39 is 0 Å². The van der Waals surface area contributed by atoms with Gasteiger partial charge in [0, 0.05) is 33.9 Å². The first kappa shape index (κ1) is 25.9. The lowest BCUT2D eigenvalue weighted by Crippen LogP contribution is -2.31. The number of benzene rings is 3. The van der Waals surface area contributed by atoms with Crippen LogP contribution in [0.3, 0.4) is 0 Å². The van der Waals surface area contributed by atoms with Crippen LogP contribution in [0.15, 0.2) is 71.3 Å². The molecule has 2 heteroatoms. The molecule has 0 atom stereocenters. The average molecular weight is 517 g/mol. The van der Waals surface area contributed by atoms with Crippen LogP contribution in [0.2, 0.25) is 0 Å². The highest BCUT2D eigenvalue weighted by molar-refractivity contribution is 6.14. The van der Waals surface area contributed by atoms with Gasteiger partial charge in [-0.15, -0.1) is 0 Å². The Kier molecular flexibility index (Phi) is 6.21. The highest BCUT2D eigenvalue weighted by Gasteiger charge is 2.45. The van der Waals surface area contributed by atoms with E-state index in [1.165, 1.54) is 55.4 Å². The van der Waals surface area contributed by atoms with E-state index in [1.807, 2.05) is 0 Å². The van der Waals surface area contributed by atoms with Gasteiger partial charge in [-0.1, -0.05) is 90.1 Å². The normalized spacial score (nSPS) is 14.2. The van der Waals surface area contributed by atoms with Gasteiger partial charge in [0.15, 0.2) is 6.20 Å². The van der Waals surface area contributed by atoms with Gasteiger partial charge in [0.25, 0.3) is 0 Å². The molecule has 2 heterocycles. The zero-order valence-electron chi connectivity index (χ0n) is 24.9. The fraction of sp³-hybridized carbons (Fsp3) is 0.378. The number of fused-ring (bicyclic) bond motifs is 7. The molecule has 0 unspecified atom stereocenters. The predicted molar refractivity (Wildman–Crippen MR) is 164 cm³/mol. The average Bonchev–Trinajstić information content (AvgIpc) is 3.37. The summed E-state index contributed by atoms with van der Waals surface area (Å²) in [7, 11) is 2.14. The second kappa shape index (κ2) is 9.37. The van der Waals surface area contributed by atoms with Gasteiger partial charge in [0.05, 0.1) is 5.56 Å². The SMILES string of the molecule is Cc1ccc2c(oc3c4c(ccc32)C(CC(C)C)(CC(C)C)c2ccccc2-4)c1-c1cc(C(C)C)cc[n+]1C. The number of aromatic nitrogens is 1. The van der Waals surface area contributed by atoms with Crippen LogP contribution < -0.4 is 4.57 Å². The Bertz CT molecular complexity index is 1710. The molecule has 0 saturated carbocycles. The number of aryl methyl sites for hydroxylation is 2. The van der Waals surface area contributed by atoms with Crippen molar-refractivity contribution in [1.82, 2.24) is 0 Å². The molecule has 0 amide bonds. The Morgan fingerprint density at radius 3 is 2.05 bits per heavy atom. The smallest absolute Gasteiger partial charge is 0.216 e. The monoisotopic (exact) mass is 516 g/mol. The second-order valence-corrected chi connectivity index (χ2v) is 13.0. The first-order valence-electron chi connectivity index (χ1n) is 14.7. The Morgan fingerprint density at radius 1 is 0.744 bits per heavy atom. The molecule has 3 aromatic carbocycles. The lowest BCUT2D eigenvalue weighted by atomic mass is 9.68. The quantitative estimate of drug-likeness (QED) is 0.205. The van der Waals surface area contributed by atoms with E-state index in [9.17, 15) is 0 Å². The van der Waals surface area contributed by atoms with Gasteiger partial charge < -0.3 is 4.42 Å². The van der Waals surface area contributed by atoms with Crippen LogP contribution in [-0.4, -0.2) is 0 Å². The molecular weight excluding hydrogens is 474 g/mol. The van der Waals surface area contributed by atoms with Crippen molar-refractivity contribution in [2.45, 2.75) is 72.6 Å². The third-order valence-electron chi connectivity index (χ3n) is 8.86. The maximum absolute atomic E-state index is 7.06.